The third-order valence-corrected chi connectivity index (χ3v) is 3.33. The third kappa shape index (κ3) is 7.96. The van der Waals surface area contributed by atoms with Gasteiger partial charge in [-0.2, -0.15) is 8.42 Å². The maximum Gasteiger partial charge on any atom is 0.264 e. The van der Waals surface area contributed by atoms with Crippen molar-refractivity contribution in [1.82, 2.24) is 0 Å². The molecular weight excluding hydrogens is 276 g/mol. The van der Waals surface area contributed by atoms with E-state index in [0.717, 1.165) is 31.3 Å². The van der Waals surface area contributed by atoms with Crippen molar-refractivity contribution in [2.45, 2.75) is 25.7 Å². The van der Waals surface area contributed by atoms with Crippen LogP contribution >= 0.6 is 0 Å². The van der Waals surface area contributed by atoms with Crippen LogP contribution in [0.25, 0.3) is 0 Å². The molecule has 0 N–H and O–H groups in total. The largest absolute Gasteiger partial charge is 0.497 e. The van der Waals surface area contributed by atoms with Gasteiger partial charge in [0.2, 0.25) is 0 Å². The van der Waals surface area contributed by atoms with Crippen LogP contribution in [-0.4, -0.2) is 28.4 Å². The van der Waals surface area contributed by atoms with Gasteiger partial charge in [0.05, 0.1) is 20.0 Å². The second-order valence-corrected chi connectivity index (χ2v) is 6.17. The second kappa shape index (κ2) is 8.76. The van der Waals surface area contributed by atoms with Gasteiger partial charge in [0.25, 0.3) is 10.1 Å². The topological polar surface area (TPSA) is 52.6 Å². The molecule has 112 valence electrons. The van der Waals surface area contributed by atoms with Crippen LogP contribution in [0, 0.1) is 0 Å². The fourth-order valence-corrected chi connectivity index (χ4v) is 2.11. The van der Waals surface area contributed by atoms with E-state index in [9.17, 15) is 8.42 Å². The van der Waals surface area contributed by atoms with Gasteiger partial charge in [-0.25, -0.2) is 0 Å². The minimum absolute atomic E-state index is 0.252. The van der Waals surface area contributed by atoms with Crippen LogP contribution in [0.5, 0.6) is 5.75 Å². The van der Waals surface area contributed by atoms with Crippen LogP contribution in [0.1, 0.15) is 24.8 Å². The molecule has 0 fully saturated rings. The first-order chi connectivity index (χ1) is 9.51. The summed E-state index contributed by atoms with van der Waals surface area (Å²) in [5.41, 5.74) is 1.27. The zero-order chi connectivity index (χ0) is 14.8. The Morgan fingerprint density at radius 3 is 2.35 bits per heavy atom. The molecule has 0 aliphatic rings. The van der Waals surface area contributed by atoms with Crippen LogP contribution in [-0.2, 0) is 20.7 Å². The molecule has 5 heteroatoms. The average Bonchev–Trinajstić information content (AvgIpc) is 2.41. The first-order valence-electron chi connectivity index (χ1n) is 6.63. The smallest absolute Gasteiger partial charge is 0.264 e. The van der Waals surface area contributed by atoms with Gasteiger partial charge in [-0.3, -0.25) is 4.18 Å². The number of allylic oxidation sites excluding steroid dienone is 2. The average molecular weight is 298 g/mol. The summed E-state index contributed by atoms with van der Waals surface area (Å²) >= 11 is 0. The Balaban J connectivity index is 2.12. The summed E-state index contributed by atoms with van der Waals surface area (Å²) in [7, 11) is -1.64. The number of benzene rings is 1. The van der Waals surface area contributed by atoms with Crippen molar-refractivity contribution >= 4 is 10.1 Å². The molecule has 0 amide bonds. The van der Waals surface area contributed by atoms with Gasteiger partial charge in [0.1, 0.15) is 5.75 Å². The van der Waals surface area contributed by atoms with Gasteiger partial charge >= 0.3 is 0 Å². The maximum absolute atomic E-state index is 10.7. The fraction of sp³-hybridized carbons (Fsp3) is 0.467. The first-order valence-corrected chi connectivity index (χ1v) is 8.45. The van der Waals surface area contributed by atoms with Crippen LogP contribution in [0.4, 0.5) is 0 Å². The molecule has 0 spiro atoms. The molecular formula is C15H22O4S. The Bertz CT molecular complexity index is 503. The molecule has 0 aromatic heterocycles. The molecule has 1 aromatic carbocycles. The lowest BCUT2D eigenvalue weighted by molar-refractivity contribution is 0.317. The fourth-order valence-electron chi connectivity index (χ4n) is 1.69. The number of unbranched alkanes of at least 4 members (excludes halogenated alkanes) is 1. The summed E-state index contributed by atoms with van der Waals surface area (Å²) < 4.78 is 31.2. The van der Waals surface area contributed by atoms with Gasteiger partial charge in [0, 0.05) is 0 Å². The highest BCUT2D eigenvalue weighted by Gasteiger charge is 1.99. The van der Waals surface area contributed by atoms with Gasteiger partial charge in [-0.05, 0) is 43.4 Å². The predicted molar refractivity (Wildman–Crippen MR) is 80.5 cm³/mol. The lowest BCUT2D eigenvalue weighted by atomic mass is 10.1. The Morgan fingerprint density at radius 2 is 1.75 bits per heavy atom. The number of rotatable bonds is 9. The predicted octanol–water partition coefficient (Wildman–Crippen LogP) is 2.94. The lowest BCUT2D eigenvalue weighted by Gasteiger charge is -2.01. The van der Waals surface area contributed by atoms with Gasteiger partial charge in [-0.1, -0.05) is 24.3 Å². The van der Waals surface area contributed by atoms with Crippen LogP contribution in [0.2, 0.25) is 0 Å². The summed E-state index contributed by atoms with van der Waals surface area (Å²) in [4.78, 5) is 0. The highest BCUT2D eigenvalue weighted by molar-refractivity contribution is 7.85. The molecule has 0 aliphatic carbocycles. The summed E-state index contributed by atoms with van der Waals surface area (Å²) in [6.07, 6.45) is 8.75. The quantitative estimate of drug-likeness (QED) is 0.399. The molecule has 0 radical (unpaired) electrons. The molecule has 0 aliphatic heterocycles. The number of hydrogen-bond donors (Lipinski definition) is 0. The number of aryl methyl sites for hydroxylation is 1. The van der Waals surface area contributed by atoms with Crippen LogP contribution in [0.3, 0.4) is 0 Å². The van der Waals surface area contributed by atoms with E-state index >= 15 is 0 Å². The van der Waals surface area contributed by atoms with Gasteiger partial charge in [-0.15, -0.1) is 0 Å². The molecule has 0 unspecified atom stereocenters. The van der Waals surface area contributed by atoms with Crippen LogP contribution < -0.4 is 4.74 Å². The van der Waals surface area contributed by atoms with E-state index in [1.165, 1.54) is 5.56 Å². The SMILES string of the molecule is COc1ccc(CC/C=C/CCCOS(C)(=O)=O)cc1. The van der Waals surface area contributed by atoms with E-state index in [-0.39, 0.29) is 6.61 Å². The lowest BCUT2D eigenvalue weighted by Crippen LogP contribution is -2.03. The summed E-state index contributed by atoms with van der Waals surface area (Å²) in [5, 5.41) is 0. The van der Waals surface area contributed by atoms with E-state index in [1.807, 2.05) is 12.1 Å². The van der Waals surface area contributed by atoms with Crippen molar-refractivity contribution in [2.75, 3.05) is 20.0 Å². The number of methoxy groups -OCH3 is 1. The molecule has 4 nitrogen and oxygen atoms in total. The maximum atomic E-state index is 10.7. The van der Waals surface area contributed by atoms with E-state index < -0.39 is 10.1 Å². The Labute approximate surface area is 121 Å². The van der Waals surface area contributed by atoms with Gasteiger partial charge in [0.15, 0.2) is 0 Å². The molecule has 0 heterocycles. The van der Waals surface area contributed by atoms with E-state index in [2.05, 4.69) is 28.5 Å². The Kier molecular flexibility index (Phi) is 7.33. The van der Waals surface area contributed by atoms with E-state index in [4.69, 9.17) is 4.74 Å². The second-order valence-electron chi connectivity index (χ2n) is 4.53. The molecule has 0 bridgehead atoms. The van der Waals surface area contributed by atoms with Crippen molar-refractivity contribution in [3.05, 3.63) is 42.0 Å². The number of hydrogen-bond acceptors (Lipinski definition) is 4. The Morgan fingerprint density at radius 1 is 1.10 bits per heavy atom. The first kappa shape index (κ1) is 16.7. The number of ether oxygens (including phenoxy) is 1. The summed E-state index contributed by atoms with van der Waals surface area (Å²) in [6.45, 7) is 0.252. The van der Waals surface area contributed by atoms with E-state index in [0.29, 0.717) is 6.42 Å². The normalized spacial score (nSPS) is 11.9. The van der Waals surface area contributed by atoms with E-state index in [1.54, 1.807) is 7.11 Å². The Hall–Kier alpha value is -1.33. The zero-order valence-electron chi connectivity index (χ0n) is 12.0. The monoisotopic (exact) mass is 298 g/mol. The van der Waals surface area contributed by atoms with Gasteiger partial charge < -0.3 is 4.74 Å². The minimum Gasteiger partial charge on any atom is -0.497 e. The van der Waals surface area contributed by atoms with Crippen molar-refractivity contribution in [1.29, 1.82) is 0 Å². The third-order valence-electron chi connectivity index (χ3n) is 2.74. The molecule has 0 saturated carbocycles. The molecule has 0 atom stereocenters. The molecule has 0 saturated heterocycles. The summed E-state index contributed by atoms with van der Waals surface area (Å²) in [6, 6.07) is 8.04. The highest BCUT2D eigenvalue weighted by Crippen LogP contribution is 2.12. The molecule has 1 rings (SSSR count). The van der Waals surface area contributed by atoms with Crippen molar-refractivity contribution < 1.29 is 17.3 Å². The van der Waals surface area contributed by atoms with Crippen LogP contribution in [0.15, 0.2) is 36.4 Å². The zero-order valence-corrected chi connectivity index (χ0v) is 12.9. The summed E-state index contributed by atoms with van der Waals surface area (Å²) in [5.74, 6) is 0.871. The van der Waals surface area contributed by atoms with Crippen molar-refractivity contribution in [2.24, 2.45) is 0 Å². The standard InChI is InChI=1S/C15H22O4S/c1-18-15-11-9-14(10-12-15)8-6-4-3-5-7-13-19-20(2,16)17/h3-4,9-12H,5-8,13H2,1-2H3/b4-3+. The van der Waals surface area contributed by atoms with Crippen molar-refractivity contribution in [3.8, 4) is 5.75 Å². The molecule has 20 heavy (non-hydrogen) atoms. The molecule has 1 aromatic rings. The highest BCUT2D eigenvalue weighted by atomic mass is 32.2. The van der Waals surface area contributed by atoms with Crippen molar-refractivity contribution in [3.63, 3.8) is 0 Å². The minimum atomic E-state index is -3.30.